The fourth-order valence-electron chi connectivity index (χ4n) is 1.74. The van der Waals surface area contributed by atoms with Crippen molar-refractivity contribution in [3.63, 3.8) is 0 Å². The Kier molecular flexibility index (Phi) is 2.85. The molecule has 5 nitrogen and oxygen atoms in total. The van der Waals surface area contributed by atoms with E-state index in [1.54, 1.807) is 6.07 Å². The summed E-state index contributed by atoms with van der Waals surface area (Å²) in [4.78, 5) is 9.02. The minimum atomic E-state index is -4.41. The van der Waals surface area contributed by atoms with Crippen molar-refractivity contribution < 1.29 is 13.2 Å². The molecule has 0 aliphatic heterocycles. The average Bonchev–Trinajstić information content (AvgIpc) is 2.96. The third kappa shape index (κ3) is 2.31. The maximum atomic E-state index is 12.5. The van der Waals surface area contributed by atoms with Gasteiger partial charge in [-0.05, 0) is 11.4 Å². The normalized spacial score (nSPS) is 12.2. The van der Waals surface area contributed by atoms with Gasteiger partial charge in [-0.25, -0.2) is 9.97 Å². The number of rotatable bonds is 2. The van der Waals surface area contributed by atoms with Crippen molar-refractivity contribution in [3.05, 3.63) is 35.2 Å². The second-order valence-electron chi connectivity index (χ2n) is 4.09. The molecule has 0 bridgehead atoms. The molecular weight excluding hydrogens is 291 g/mol. The van der Waals surface area contributed by atoms with Gasteiger partial charge in [0.15, 0.2) is 5.82 Å². The summed E-state index contributed by atoms with van der Waals surface area (Å²) in [6, 6.07) is 1.80. The van der Waals surface area contributed by atoms with Gasteiger partial charge in [0, 0.05) is 6.20 Å². The Balaban J connectivity index is 1.91. The van der Waals surface area contributed by atoms with Crippen molar-refractivity contribution in [1.82, 2.24) is 19.7 Å². The van der Waals surface area contributed by atoms with Gasteiger partial charge in [0.25, 0.3) is 0 Å². The molecule has 0 fully saturated rings. The van der Waals surface area contributed by atoms with Gasteiger partial charge < -0.3 is 5.73 Å². The highest BCUT2D eigenvalue weighted by Crippen LogP contribution is 2.28. The van der Waals surface area contributed by atoms with Gasteiger partial charge in [0.05, 0.1) is 17.1 Å². The van der Waals surface area contributed by atoms with Crippen LogP contribution in [0.15, 0.2) is 23.8 Å². The third-order valence-electron chi connectivity index (χ3n) is 2.66. The summed E-state index contributed by atoms with van der Waals surface area (Å²) in [6.07, 6.45) is -2.72. The molecule has 3 heterocycles. The molecule has 0 saturated carbocycles. The van der Waals surface area contributed by atoms with Crippen LogP contribution in [0.25, 0.3) is 10.2 Å². The Bertz CT molecular complexity index is 761. The zero-order chi connectivity index (χ0) is 14.3. The molecule has 0 aromatic carbocycles. The number of halogens is 3. The Morgan fingerprint density at radius 1 is 1.30 bits per heavy atom. The van der Waals surface area contributed by atoms with Crippen molar-refractivity contribution in [3.8, 4) is 0 Å². The SMILES string of the molecule is Nc1nc(Cn2cc(C(F)(F)F)cn2)nc2sccc12. The van der Waals surface area contributed by atoms with Crippen LogP contribution >= 0.6 is 11.3 Å². The molecule has 104 valence electrons. The number of aromatic nitrogens is 4. The number of hydrogen-bond acceptors (Lipinski definition) is 5. The minimum absolute atomic E-state index is 0.0358. The van der Waals surface area contributed by atoms with E-state index >= 15 is 0 Å². The maximum Gasteiger partial charge on any atom is 0.419 e. The van der Waals surface area contributed by atoms with Gasteiger partial charge >= 0.3 is 6.18 Å². The van der Waals surface area contributed by atoms with Crippen LogP contribution in [0.2, 0.25) is 0 Å². The van der Waals surface area contributed by atoms with Gasteiger partial charge in [-0.15, -0.1) is 11.3 Å². The number of hydrogen-bond donors (Lipinski definition) is 1. The van der Waals surface area contributed by atoms with E-state index in [9.17, 15) is 13.2 Å². The molecule has 3 rings (SSSR count). The Hall–Kier alpha value is -2.16. The first-order chi connectivity index (χ1) is 9.43. The van der Waals surface area contributed by atoms with Crippen LogP contribution in [0, 0.1) is 0 Å². The Morgan fingerprint density at radius 2 is 2.10 bits per heavy atom. The molecule has 0 spiro atoms. The monoisotopic (exact) mass is 299 g/mol. The number of anilines is 1. The summed E-state index contributed by atoms with van der Waals surface area (Å²) >= 11 is 1.39. The third-order valence-corrected chi connectivity index (χ3v) is 3.47. The smallest absolute Gasteiger partial charge is 0.383 e. The highest BCUT2D eigenvalue weighted by Gasteiger charge is 2.32. The molecule has 9 heteroatoms. The molecule has 0 radical (unpaired) electrons. The summed E-state index contributed by atoms with van der Waals surface area (Å²) in [5.74, 6) is 0.642. The number of nitrogen functional groups attached to an aromatic ring is 1. The molecule has 3 aromatic rings. The van der Waals surface area contributed by atoms with E-state index in [1.807, 2.05) is 5.38 Å². The van der Waals surface area contributed by atoms with Crippen molar-refractivity contribution in [2.24, 2.45) is 0 Å². The molecule has 0 atom stereocenters. The van der Waals surface area contributed by atoms with E-state index in [0.29, 0.717) is 16.5 Å². The summed E-state index contributed by atoms with van der Waals surface area (Å²) in [7, 11) is 0. The van der Waals surface area contributed by atoms with E-state index in [0.717, 1.165) is 22.5 Å². The first-order valence-corrected chi connectivity index (χ1v) is 6.41. The Morgan fingerprint density at radius 3 is 2.80 bits per heavy atom. The minimum Gasteiger partial charge on any atom is -0.383 e. The fourth-order valence-corrected chi connectivity index (χ4v) is 2.53. The summed E-state index contributed by atoms with van der Waals surface area (Å²) < 4.78 is 38.5. The Labute approximate surface area is 114 Å². The highest BCUT2D eigenvalue weighted by atomic mass is 32.1. The quantitative estimate of drug-likeness (QED) is 0.789. The largest absolute Gasteiger partial charge is 0.419 e. The lowest BCUT2D eigenvalue weighted by molar-refractivity contribution is -0.137. The second-order valence-corrected chi connectivity index (χ2v) is 4.98. The van der Waals surface area contributed by atoms with E-state index in [1.165, 1.54) is 11.3 Å². The molecule has 0 aliphatic carbocycles. The number of fused-ring (bicyclic) bond motifs is 1. The van der Waals surface area contributed by atoms with Gasteiger partial charge in [0.2, 0.25) is 0 Å². The molecule has 0 amide bonds. The zero-order valence-corrected chi connectivity index (χ0v) is 10.7. The summed E-state index contributed by atoms with van der Waals surface area (Å²) in [6.45, 7) is 0.0358. The molecular formula is C11H8F3N5S. The van der Waals surface area contributed by atoms with Crippen molar-refractivity contribution in [2.75, 3.05) is 5.73 Å². The van der Waals surface area contributed by atoms with Gasteiger partial charge in [0.1, 0.15) is 17.2 Å². The van der Waals surface area contributed by atoms with Crippen LogP contribution in [0.4, 0.5) is 19.0 Å². The first kappa shape index (κ1) is 12.9. The predicted molar refractivity (Wildman–Crippen MR) is 68.2 cm³/mol. The van der Waals surface area contributed by atoms with Crippen LogP contribution in [0.5, 0.6) is 0 Å². The summed E-state index contributed by atoms with van der Waals surface area (Å²) in [5.41, 5.74) is 4.97. The molecule has 0 saturated heterocycles. The van der Waals surface area contributed by atoms with E-state index in [-0.39, 0.29) is 6.54 Å². The van der Waals surface area contributed by atoms with Crippen LogP contribution in [-0.2, 0) is 12.7 Å². The van der Waals surface area contributed by atoms with Gasteiger partial charge in [-0.3, -0.25) is 4.68 Å². The standard InChI is InChI=1S/C11H8F3N5S/c12-11(13,14)6-3-16-19(4-6)5-8-17-9(15)7-1-2-20-10(7)18-8/h1-4H,5H2,(H2,15,17,18). The topological polar surface area (TPSA) is 69.6 Å². The van der Waals surface area contributed by atoms with Crippen LogP contribution < -0.4 is 5.73 Å². The second kappa shape index (κ2) is 4.44. The molecule has 2 N–H and O–H groups in total. The van der Waals surface area contributed by atoms with Crippen molar-refractivity contribution >= 4 is 27.4 Å². The summed E-state index contributed by atoms with van der Waals surface area (Å²) in [5, 5.41) is 6.23. The molecule has 0 unspecified atom stereocenters. The van der Waals surface area contributed by atoms with Gasteiger partial charge in [-0.1, -0.05) is 0 Å². The predicted octanol–water partition coefficient (Wildman–Crippen LogP) is 2.54. The average molecular weight is 299 g/mol. The lowest BCUT2D eigenvalue weighted by Gasteiger charge is -2.03. The van der Waals surface area contributed by atoms with Crippen LogP contribution in [0.3, 0.4) is 0 Å². The lowest BCUT2D eigenvalue weighted by atomic mass is 10.3. The van der Waals surface area contributed by atoms with E-state index in [4.69, 9.17) is 5.73 Å². The van der Waals surface area contributed by atoms with E-state index in [2.05, 4.69) is 15.1 Å². The molecule has 3 aromatic heterocycles. The number of nitrogens with two attached hydrogens (primary N) is 1. The fraction of sp³-hybridized carbons (Fsp3) is 0.182. The van der Waals surface area contributed by atoms with Crippen LogP contribution in [0.1, 0.15) is 11.4 Å². The maximum absolute atomic E-state index is 12.5. The van der Waals surface area contributed by atoms with Gasteiger partial charge in [-0.2, -0.15) is 18.3 Å². The first-order valence-electron chi connectivity index (χ1n) is 5.53. The van der Waals surface area contributed by atoms with Crippen molar-refractivity contribution in [2.45, 2.75) is 12.7 Å². The van der Waals surface area contributed by atoms with E-state index < -0.39 is 11.7 Å². The lowest BCUT2D eigenvalue weighted by Crippen LogP contribution is -2.07. The highest BCUT2D eigenvalue weighted by molar-refractivity contribution is 7.16. The molecule has 0 aliphatic rings. The number of alkyl halides is 3. The van der Waals surface area contributed by atoms with Crippen molar-refractivity contribution in [1.29, 1.82) is 0 Å². The van der Waals surface area contributed by atoms with Crippen LogP contribution in [-0.4, -0.2) is 19.7 Å². The zero-order valence-electron chi connectivity index (χ0n) is 9.92. The molecule has 20 heavy (non-hydrogen) atoms. The number of thiophene rings is 1. The number of nitrogens with zero attached hydrogens (tertiary/aromatic N) is 4.